The maximum absolute atomic E-state index is 11.6. The molecule has 0 aliphatic carbocycles. The van der Waals surface area contributed by atoms with Crippen LogP contribution in [0.4, 0.5) is 5.13 Å². The summed E-state index contributed by atoms with van der Waals surface area (Å²) in [5.74, 6) is 0.0137. The molecule has 0 spiro atoms. The van der Waals surface area contributed by atoms with Gasteiger partial charge in [0.15, 0.2) is 5.13 Å². The van der Waals surface area contributed by atoms with Crippen LogP contribution in [0.2, 0.25) is 0 Å². The van der Waals surface area contributed by atoms with Crippen LogP contribution in [0, 0.1) is 0 Å². The van der Waals surface area contributed by atoms with Gasteiger partial charge in [-0.15, -0.1) is 11.3 Å². The predicted octanol–water partition coefficient (Wildman–Crippen LogP) is 1.12. The molecular weight excluding hydrogens is 248 g/mol. The third kappa shape index (κ3) is 5.46. The fraction of sp³-hybridized carbons (Fsp3) is 0.667. The van der Waals surface area contributed by atoms with E-state index in [9.17, 15) is 4.79 Å². The molecule has 6 heteroatoms. The number of aromatic nitrogens is 1. The lowest BCUT2D eigenvalue weighted by atomic mass is 10.3. The van der Waals surface area contributed by atoms with Crippen LogP contribution in [0.25, 0.3) is 0 Å². The molecule has 0 bridgehead atoms. The van der Waals surface area contributed by atoms with E-state index in [2.05, 4.69) is 29.0 Å². The van der Waals surface area contributed by atoms with Gasteiger partial charge >= 0.3 is 0 Å². The molecule has 0 aromatic carbocycles. The summed E-state index contributed by atoms with van der Waals surface area (Å²) in [7, 11) is 0. The summed E-state index contributed by atoms with van der Waals surface area (Å²) in [6.07, 6.45) is 1.30. The second kappa shape index (κ2) is 8.05. The maximum atomic E-state index is 11.6. The Hall–Kier alpha value is -1.14. The number of hydrogen-bond acceptors (Lipinski definition) is 5. The van der Waals surface area contributed by atoms with Gasteiger partial charge in [-0.25, -0.2) is 4.98 Å². The number of nitrogens with zero attached hydrogens (tertiary/aromatic N) is 2. The largest absolute Gasteiger partial charge is 0.375 e. The molecule has 0 saturated heterocycles. The highest BCUT2D eigenvalue weighted by Gasteiger charge is 2.06. The molecule has 0 radical (unpaired) electrons. The normalized spacial score (nSPS) is 10.8. The highest BCUT2D eigenvalue weighted by atomic mass is 32.1. The Morgan fingerprint density at radius 1 is 1.50 bits per heavy atom. The van der Waals surface area contributed by atoms with Gasteiger partial charge in [-0.1, -0.05) is 13.8 Å². The van der Waals surface area contributed by atoms with Crippen LogP contribution in [-0.2, 0) is 11.2 Å². The van der Waals surface area contributed by atoms with Crippen molar-refractivity contribution in [1.29, 1.82) is 0 Å². The molecule has 5 nitrogen and oxygen atoms in total. The summed E-state index contributed by atoms with van der Waals surface area (Å²) in [6.45, 7) is 8.15. The number of nitrogens with one attached hydrogen (secondary N) is 1. The zero-order valence-electron chi connectivity index (χ0n) is 11.1. The van der Waals surface area contributed by atoms with Crippen molar-refractivity contribution >= 4 is 22.4 Å². The fourth-order valence-electron chi connectivity index (χ4n) is 1.70. The van der Waals surface area contributed by atoms with Crippen LogP contribution >= 0.6 is 11.3 Å². The standard InChI is InChI=1S/C12H22N4OS/c1-3-16(4-2)7-5-6-14-11(17)8-10-9-18-12(13)15-10/h9H,3-8H2,1-2H3,(H2,13,15)(H,14,17). The van der Waals surface area contributed by atoms with Crippen LogP contribution in [0.3, 0.4) is 0 Å². The molecule has 0 aliphatic rings. The molecule has 1 rings (SSSR count). The van der Waals surface area contributed by atoms with E-state index < -0.39 is 0 Å². The number of amides is 1. The zero-order chi connectivity index (χ0) is 13.4. The van der Waals surface area contributed by atoms with Gasteiger partial charge in [0.05, 0.1) is 12.1 Å². The number of rotatable bonds is 8. The van der Waals surface area contributed by atoms with E-state index in [4.69, 9.17) is 5.73 Å². The summed E-state index contributed by atoms with van der Waals surface area (Å²) < 4.78 is 0. The van der Waals surface area contributed by atoms with E-state index in [1.54, 1.807) is 0 Å². The predicted molar refractivity (Wildman–Crippen MR) is 75.6 cm³/mol. The minimum absolute atomic E-state index is 0.0137. The number of hydrogen-bond donors (Lipinski definition) is 2. The first kappa shape index (κ1) is 14.9. The molecule has 0 aliphatic heterocycles. The third-order valence-corrected chi connectivity index (χ3v) is 3.50. The highest BCUT2D eigenvalue weighted by Crippen LogP contribution is 2.11. The molecule has 102 valence electrons. The topological polar surface area (TPSA) is 71.2 Å². The third-order valence-electron chi connectivity index (χ3n) is 2.78. The molecule has 3 N–H and O–H groups in total. The molecule has 0 unspecified atom stereocenters. The smallest absolute Gasteiger partial charge is 0.226 e. The lowest BCUT2D eigenvalue weighted by Crippen LogP contribution is -2.30. The maximum Gasteiger partial charge on any atom is 0.226 e. The summed E-state index contributed by atoms with van der Waals surface area (Å²) in [5, 5.41) is 5.24. The van der Waals surface area contributed by atoms with Crippen LogP contribution in [-0.4, -0.2) is 42.0 Å². The number of carbonyl (C=O) groups is 1. The quantitative estimate of drug-likeness (QED) is 0.694. The number of nitrogen functional groups attached to an aromatic ring is 1. The average molecular weight is 270 g/mol. The lowest BCUT2D eigenvalue weighted by molar-refractivity contribution is -0.120. The number of nitrogens with two attached hydrogens (primary N) is 1. The Kier molecular flexibility index (Phi) is 6.67. The molecule has 1 aromatic rings. The van der Waals surface area contributed by atoms with Crippen molar-refractivity contribution in [3.8, 4) is 0 Å². The van der Waals surface area contributed by atoms with Gasteiger partial charge in [0.25, 0.3) is 0 Å². The first-order chi connectivity index (χ1) is 8.65. The van der Waals surface area contributed by atoms with Crippen LogP contribution in [0.5, 0.6) is 0 Å². The first-order valence-electron chi connectivity index (χ1n) is 6.34. The molecule has 0 saturated carbocycles. The molecule has 1 aromatic heterocycles. The minimum Gasteiger partial charge on any atom is -0.375 e. The van der Waals surface area contributed by atoms with Crippen molar-refractivity contribution < 1.29 is 4.79 Å². The molecule has 1 heterocycles. The van der Waals surface area contributed by atoms with Crippen molar-refractivity contribution in [2.45, 2.75) is 26.7 Å². The van der Waals surface area contributed by atoms with E-state index in [-0.39, 0.29) is 5.91 Å². The number of thiazole rings is 1. The van der Waals surface area contributed by atoms with Gasteiger partial charge < -0.3 is 16.0 Å². The Bertz CT molecular complexity index is 363. The van der Waals surface area contributed by atoms with Crippen LogP contribution in [0.1, 0.15) is 26.0 Å². The van der Waals surface area contributed by atoms with Crippen molar-refractivity contribution in [3.63, 3.8) is 0 Å². The summed E-state index contributed by atoms with van der Waals surface area (Å²) in [6, 6.07) is 0. The average Bonchev–Trinajstić information content (AvgIpc) is 2.75. The van der Waals surface area contributed by atoms with Crippen molar-refractivity contribution in [1.82, 2.24) is 15.2 Å². The SMILES string of the molecule is CCN(CC)CCCNC(=O)Cc1csc(N)n1. The van der Waals surface area contributed by atoms with Gasteiger partial charge in [-0.05, 0) is 26.1 Å². The molecule has 1 amide bonds. The number of anilines is 1. The van der Waals surface area contributed by atoms with E-state index in [1.807, 2.05) is 5.38 Å². The molecule has 18 heavy (non-hydrogen) atoms. The van der Waals surface area contributed by atoms with Gasteiger partial charge in [-0.3, -0.25) is 4.79 Å². The fourth-order valence-corrected chi connectivity index (χ4v) is 2.26. The van der Waals surface area contributed by atoms with E-state index in [1.165, 1.54) is 11.3 Å². The minimum atomic E-state index is 0.0137. The highest BCUT2D eigenvalue weighted by molar-refractivity contribution is 7.13. The van der Waals surface area contributed by atoms with E-state index >= 15 is 0 Å². The summed E-state index contributed by atoms with van der Waals surface area (Å²) in [5.41, 5.74) is 6.26. The molecule has 0 atom stereocenters. The zero-order valence-corrected chi connectivity index (χ0v) is 11.9. The molecular formula is C12H22N4OS. The second-order valence-corrected chi connectivity index (χ2v) is 4.97. The monoisotopic (exact) mass is 270 g/mol. The van der Waals surface area contributed by atoms with Crippen molar-refractivity contribution in [2.24, 2.45) is 0 Å². The Morgan fingerprint density at radius 3 is 2.78 bits per heavy atom. The Morgan fingerprint density at radius 2 is 2.22 bits per heavy atom. The van der Waals surface area contributed by atoms with Gasteiger partial charge in [0.1, 0.15) is 0 Å². The number of carbonyl (C=O) groups excluding carboxylic acids is 1. The van der Waals surface area contributed by atoms with Crippen molar-refractivity contribution in [2.75, 3.05) is 31.9 Å². The summed E-state index contributed by atoms with van der Waals surface area (Å²) >= 11 is 1.36. The molecule has 0 fully saturated rings. The van der Waals surface area contributed by atoms with Gasteiger partial charge in [0.2, 0.25) is 5.91 Å². The Labute approximate surface area is 112 Å². The van der Waals surface area contributed by atoms with Crippen LogP contribution in [0.15, 0.2) is 5.38 Å². The Balaban J connectivity index is 2.14. The summed E-state index contributed by atoms with van der Waals surface area (Å²) in [4.78, 5) is 18.0. The van der Waals surface area contributed by atoms with E-state index in [0.717, 1.165) is 38.3 Å². The lowest BCUT2D eigenvalue weighted by Gasteiger charge is -2.17. The second-order valence-electron chi connectivity index (χ2n) is 4.08. The van der Waals surface area contributed by atoms with Crippen LogP contribution < -0.4 is 11.1 Å². The van der Waals surface area contributed by atoms with Gasteiger partial charge in [-0.2, -0.15) is 0 Å². The van der Waals surface area contributed by atoms with E-state index in [0.29, 0.717) is 11.6 Å². The van der Waals surface area contributed by atoms with Gasteiger partial charge in [0, 0.05) is 11.9 Å². The first-order valence-corrected chi connectivity index (χ1v) is 7.22. The van der Waals surface area contributed by atoms with Crippen molar-refractivity contribution in [3.05, 3.63) is 11.1 Å².